The molecule has 2 amide bonds. The Morgan fingerprint density at radius 2 is 1.13 bits per heavy atom. The second-order valence-corrected chi connectivity index (χ2v) is 19.8. The van der Waals surface area contributed by atoms with Gasteiger partial charge in [0.15, 0.2) is 0 Å². The highest BCUT2D eigenvalue weighted by atomic mass is 35.5. The molecule has 400 valence electrons. The molecule has 24 heteroatoms. The summed E-state index contributed by atoms with van der Waals surface area (Å²) < 4.78 is 34.7. The molecule has 76 heavy (non-hydrogen) atoms. The molecule has 5 atom stereocenters. The van der Waals surface area contributed by atoms with Gasteiger partial charge < -0.3 is 60.3 Å². The van der Waals surface area contributed by atoms with E-state index >= 15 is 0 Å². The van der Waals surface area contributed by atoms with Crippen LogP contribution >= 0.6 is 46.4 Å². The van der Waals surface area contributed by atoms with E-state index in [2.05, 4.69) is 55.0 Å². The first-order valence-corrected chi connectivity index (χ1v) is 25.9. The van der Waals surface area contributed by atoms with Crippen LogP contribution in [0.1, 0.15) is 31.2 Å². The van der Waals surface area contributed by atoms with Crippen molar-refractivity contribution in [2.24, 2.45) is 0 Å². The van der Waals surface area contributed by atoms with Crippen molar-refractivity contribution >= 4 is 91.9 Å². The first-order chi connectivity index (χ1) is 36.8. The van der Waals surface area contributed by atoms with E-state index in [4.69, 9.17) is 94.8 Å². The highest BCUT2D eigenvalue weighted by Gasteiger charge is 2.32. The predicted molar refractivity (Wildman–Crippen MR) is 292 cm³/mol. The Bertz CT molecular complexity index is 3160. The fourth-order valence-corrected chi connectivity index (χ4v) is 10.2. The van der Waals surface area contributed by atoms with E-state index in [-0.39, 0.29) is 68.7 Å². The SMILES string of the molecule is C=CC(=O)N[C@H]1COC[C@H]1Nc1ncc2cc(-c3c(Cl)c(OC)cc(OC)c3Cl)nc(CCNC(C)COc3cc(OC)c(Cl)c(-c4cc5cnc(N[C@@H]6COC[C@@H]6NC(=O)C=C)nc5c(CNC5CC5)n4)c3Cl)c2n1. The number of nitrogens with one attached hydrogen (secondary N) is 6. The number of fused-ring (bicyclic) bond motifs is 2. The maximum Gasteiger partial charge on any atom is 0.243 e. The molecule has 20 nitrogen and oxygen atoms in total. The maximum absolute atomic E-state index is 12.2. The number of benzene rings is 2. The topological polar surface area (TPSA) is 239 Å². The van der Waals surface area contributed by atoms with Crippen LogP contribution in [0.4, 0.5) is 11.9 Å². The zero-order valence-corrected chi connectivity index (χ0v) is 45.1. The van der Waals surface area contributed by atoms with Crippen molar-refractivity contribution in [2.75, 3.05) is 71.5 Å². The number of nitrogens with zero attached hydrogens (tertiary/aromatic N) is 6. The standard InChI is InChI=1S/C52H56Cl4N12O8/c1-7-41(69)63-33-21-74-23-35(33)65-51-59-17-26-13-30(43-45(53)37(71-4)15-38(72-5)46(43)54)61-29(49(26)67-51)11-12-57-25(3)20-76-40-16-39(73-6)47(55)44(48(40)56)31-14-27-18-60-52(66-36-24-75-22-34(36)64-42(70)8-2)68-50(27)32(62-31)19-58-28-9-10-28/h7-8,13-18,25,28,33-36,57-58H,1-2,9-12,19-24H2,3-6H3,(H,63,69)(H,64,70)(H,59,65,67)(H,60,66,68)/t25?,33-,34-,35+,36+/m0/s1. The van der Waals surface area contributed by atoms with Gasteiger partial charge in [-0.2, -0.15) is 0 Å². The van der Waals surface area contributed by atoms with Gasteiger partial charge in [-0.05, 0) is 44.1 Å². The summed E-state index contributed by atoms with van der Waals surface area (Å²) in [6.45, 7) is 11.5. The molecule has 0 spiro atoms. The molecule has 3 aliphatic rings. The Morgan fingerprint density at radius 3 is 1.62 bits per heavy atom. The summed E-state index contributed by atoms with van der Waals surface area (Å²) in [7, 11) is 4.53. The molecule has 6 aromatic rings. The fourth-order valence-electron chi connectivity index (χ4n) is 8.81. The molecule has 1 unspecified atom stereocenters. The highest BCUT2D eigenvalue weighted by Crippen LogP contribution is 2.48. The van der Waals surface area contributed by atoms with E-state index in [0.29, 0.717) is 143 Å². The smallest absolute Gasteiger partial charge is 0.243 e. The molecule has 4 aromatic heterocycles. The van der Waals surface area contributed by atoms with E-state index in [0.717, 1.165) is 12.8 Å². The monoisotopic (exact) mass is 1120 g/mol. The van der Waals surface area contributed by atoms with Crippen LogP contribution < -0.4 is 50.8 Å². The number of ether oxygens (including phenoxy) is 6. The average molecular weight is 1120 g/mol. The van der Waals surface area contributed by atoms with Gasteiger partial charge in [0, 0.05) is 78.0 Å². The molecule has 6 N–H and O–H groups in total. The number of anilines is 2. The molecule has 0 radical (unpaired) electrons. The Hall–Kier alpha value is -6.36. The number of carbonyl (C=O) groups excluding carboxylic acids is 2. The number of rotatable bonds is 23. The predicted octanol–water partition coefficient (Wildman–Crippen LogP) is 7.15. The molecule has 3 fully saturated rings. The van der Waals surface area contributed by atoms with Gasteiger partial charge in [0.05, 0.1) is 126 Å². The molecule has 2 saturated heterocycles. The van der Waals surface area contributed by atoms with Gasteiger partial charge in [0.25, 0.3) is 0 Å². The number of amides is 2. The molecular weight excluding hydrogens is 1060 g/mol. The summed E-state index contributed by atoms with van der Waals surface area (Å²) >= 11 is 28.1. The van der Waals surface area contributed by atoms with Crippen molar-refractivity contribution in [1.29, 1.82) is 0 Å². The number of carbonyl (C=O) groups is 2. The summed E-state index contributed by atoms with van der Waals surface area (Å²) in [4.78, 5) is 53.5. The van der Waals surface area contributed by atoms with Crippen molar-refractivity contribution in [2.45, 2.75) is 69.0 Å². The van der Waals surface area contributed by atoms with Crippen LogP contribution in [-0.4, -0.2) is 139 Å². The van der Waals surface area contributed by atoms with E-state index < -0.39 is 0 Å². The largest absolute Gasteiger partial charge is 0.495 e. The lowest BCUT2D eigenvalue weighted by molar-refractivity contribution is -0.118. The van der Waals surface area contributed by atoms with Gasteiger partial charge in [0.1, 0.15) is 29.6 Å². The van der Waals surface area contributed by atoms with Gasteiger partial charge in [-0.1, -0.05) is 59.6 Å². The van der Waals surface area contributed by atoms with Crippen LogP contribution in [0.25, 0.3) is 44.3 Å². The minimum atomic E-state index is -0.330. The third-order valence-electron chi connectivity index (χ3n) is 13.0. The molecular formula is C52H56Cl4N12O8. The maximum atomic E-state index is 12.2. The highest BCUT2D eigenvalue weighted by molar-refractivity contribution is 6.41. The molecule has 0 bridgehead atoms. The van der Waals surface area contributed by atoms with Crippen LogP contribution in [0.15, 0.2) is 62.0 Å². The third-order valence-corrected chi connectivity index (χ3v) is 14.5. The first kappa shape index (κ1) is 54.4. The van der Waals surface area contributed by atoms with Gasteiger partial charge >= 0.3 is 0 Å². The van der Waals surface area contributed by atoms with Crippen LogP contribution in [0.3, 0.4) is 0 Å². The Balaban J connectivity index is 0.953. The first-order valence-electron chi connectivity index (χ1n) is 24.4. The number of aromatic nitrogens is 6. The van der Waals surface area contributed by atoms with E-state index in [1.165, 1.54) is 33.5 Å². The number of pyridine rings is 2. The fraction of sp³-hybridized carbons (Fsp3) is 0.385. The number of hydrogen-bond acceptors (Lipinski definition) is 18. The van der Waals surface area contributed by atoms with Crippen molar-refractivity contribution in [3.63, 3.8) is 0 Å². The Morgan fingerprint density at radius 1 is 0.671 bits per heavy atom. The molecule has 1 aliphatic carbocycles. The zero-order chi connectivity index (χ0) is 53.6. The molecule has 2 aliphatic heterocycles. The second kappa shape index (κ2) is 24.3. The zero-order valence-electron chi connectivity index (χ0n) is 42.0. The molecule has 6 heterocycles. The molecule has 2 aromatic carbocycles. The van der Waals surface area contributed by atoms with Crippen LogP contribution in [0.2, 0.25) is 20.1 Å². The van der Waals surface area contributed by atoms with Gasteiger partial charge in [-0.3, -0.25) is 14.6 Å². The summed E-state index contributed by atoms with van der Waals surface area (Å²) in [6.07, 6.45) is 8.37. The van der Waals surface area contributed by atoms with Gasteiger partial charge in [-0.15, -0.1) is 0 Å². The lowest BCUT2D eigenvalue weighted by Crippen LogP contribution is -2.45. The summed E-state index contributed by atoms with van der Waals surface area (Å²) in [5.41, 5.74) is 4.24. The van der Waals surface area contributed by atoms with Crippen molar-refractivity contribution in [3.8, 4) is 45.5 Å². The minimum Gasteiger partial charge on any atom is -0.495 e. The van der Waals surface area contributed by atoms with Crippen molar-refractivity contribution < 1.29 is 38.0 Å². The lowest BCUT2D eigenvalue weighted by atomic mass is 10.1. The van der Waals surface area contributed by atoms with Gasteiger partial charge in [0.2, 0.25) is 23.7 Å². The van der Waals surface area contributed by atoms with Gasteiger partial charge in [-0.25, -0.2) is 24.9 Å². The number of hydrogen-bond donors (Lipinski definition) is 6. The Labute approximate surface area is 458 Å². The summed E-state index contributed by atoms with van der Waals surface area (Å²) in [6, 6.07) is 5.87. The van der Waals surface area contributed by atoms with E-state index in [9.17, 15) is 9.59 Å². The van der Waals surface area contributed by atoms with Crippen LogP contribution in [0, 0.1) is 0 Å². The van der Waals surface area contributed by atoms with E-state index in [1.807, 2.05) is 19.1 Å². The van der Waals surface area contributed by atoms with E-state index in [1.54, 1.807) is 24.5 Å². The molecule has 9 rings (SSSR count). The minimum absolute atomic E-state index is 0.186. The van der Waals surface area contributed by atoms with Crippen LogP contribution in [-0.2, 0) is 32.0 Å². The van der Waals surface area contributed by atoms with Crippen LogP contribution in [0.5, 0.6) is 23.0 Å². The molecule has 1 saturated carbocycles. The third kappa shape index (κ3) is 12.2. The summed E-state index contributed by atoms with van der Waals surface area (Å²) in [5, 5.41) is 21.9. The quantitative estimate of drug-likeness (QED) is 0.0349. The average Bonchev–Trinajstić information content (AvgIpc) is 4.00. The van der Waals surface area contributed by atoms with Crippen molar-refractivity contribution in [3.05, 3.63) is 93.4 Å². The lowest BCUT2D eigenvalue weighted by Gasteiger charge is -2.21. The summed E-state index contributed by atoms with van der Waals surface area (Å²) in [5.74, 6) is 1.46. The van der Waals surface area contributed by atoms with Crippen molar-refractivity contribution in [1.82, 2.24) is 51.2 Å². The Kier molecular flexibility index (Phi) is 17.4. The second-order valence-electron chi connectivity index (χ2n) is 18.3. The normalized spacial score (nSPS) is 18.5. The number of methoxy groups -OCH3 is 3. The number of halogens is 4.